The molecule has 0 spiro atoms. The monoisotopic (exact) mass is 1570 g/mol. The highest BCUT2D eigenvalue weighted by atomic mass is 79.9. The SMILES string of the molecule is C.C#Cc1ccccn1.CC(C(=O)O)N(C)C(=O)OC(C)(C)C.CCC(=O)c1ccc(Br)cc1N.CCC(=O)c1ccc(Br)cc1NC(=O)C(C)N(C)C(=O)OC(C)(C)C.CNC(C)c1nc2cc(Br)ccc2c(=O)n1C.CNC(C)c1nc2cc(C#Cc3ccccn3)ccc2c(=O)n1C. The first-order chi connectivity index (χ1) is 46.8. The minimum absolute atomic E-state index is 0. The fourth-order valence-electron chi connectivity index (χ4n) is 8.28. The van der Waals surface area contributed by atoms with Crippen LogP contribution in [-0.4, -0.2) is 131 Å². The van der Waals surface area contributed by atoms with Crippen molar-refractivity contribution in [2.45, 2.75) is 139 Å². The number of carbonyl (C=O) groups excluding carboxylic acids is 5. The second-order valence-corrected chi connectivity index (χ2v) is 27.0. The Morgan fingerprint density at radius 2 is 1.04 bits per heavy atom. The lowest BCUT2D eigenvalue weighted by Gasteiger charge is -2.28. The molecule has 4 atom stereocenters. The molecule has 0 fully saturated rings. The van der Waals surface area contributed by atoms with Crippen molar-refractivity contribution in [1.29, 1.82) is 0 Å². The molecule has 0 bridgehead atoms. The van der Waals surface area contributed by atoms with E-state index in [1.54, 1.807) is 140 Å². The quantitative estimate of drug-likeness (QED) is 0.0407. The predicted molar refractivity (Wildman–Crippen MR) is 411 cm³/mol. The molecule has 0 saturated heterocycles. The summed E-state index contributed by atoms with van der Waals surface area (Å²) in [6.45, 7) is 21.0. The van der Waals surface area contributed by atoms with Crippen LogP contribution in [0.2, 0.25) is 0 Å². The number of amides is 3. The normalized spacial score (nSPS) is 11.6. The number of rotatable bonds is 13. The van der Waals surface area contributed by atoms with Crippen LogP contribution in [0.15, 0.2) is 145 Å². The lowest BCUT2D eigenvalue weighted by Crippen LogP contribution is -2.45. The van der Waals surface area contributed by atoms with Crippen molar-refractivity contribution in [3.8, 4) is 24.2 Å². The first-order valence-electron chi connectivity index (χ1n) is 31.5. The van der Waals surface area contributed by atoms with Gasteiger partial charge in [-0.1, -0.05) is 93.0 Å². The number of hydrogen-bond acceptors (Lipinski definition) is 17. The number of halogens is 3. The number of pyridine rings is 2. The van der Waals surface area contributed by atoms with Gasteiger partial charge in [0.2, 0.25) is 5.91 Å². The Hall–Kier alpha value is -9.44. The van der Waals surface area contributed by atoms with Crippen LogP contribution >= 0.6 is 47.8 Å². The number of aromatic nitrogens is 6. The van der Waals surface area contributed by atoms with Gasteiger partial charge in [0.1, 0.15) is 46.3 Å². The number of ether oxygens (including phenoxy) is 2. The smallest absolute Gasteiger partial charge is 0.410 e. The van der Waals surface area contributed by atoms with E-state index in [1.165, 1.54) is 25.9 Å². The molecule has 6 N–H and O–H groups in total. The number of terminal acetylenes is 1. The first kappa shape index (κ1) is 87.6. The van der Waals surface area contributed by atoms with Gasteiger partial charge in [0.25, 0.3) is 11.1 Å². The van der Waals surface area contributed by atoms with Crippen LogP contribution in [0.3, 0.4) is 0 Å². The molecule has 23 nitrogen and oxygen atoms in total. The number of carbonyl (C=O) groups is 6. The first-order valence-corrected chi connectivity index (χ1v) is 33.9. The van der Waals surface area contributed by atoms with Crippen LogP contribution in [-0.2, 0) is 33.2 Å². The predicted octanol–water partition coefficient (Wildman–Crippen LogP) is 13.9. The molecule has 0 saturated carbocycles. The molecule has 4 aromatic heterocycles. The largest absolute Gasteiger partial charge is 0.480 e. The van der Waals surface area contributed by atoms with Crippen molar-refractivity contribution in [2.75, 3.05) is 39.2 Å². The van der Waals surface area contributed by atoms with Crippen molar-refractivity contribution in [3.63, 3.8) is 0 Å². The highest BCUT2D eigenvalue weighted by Gasteiger charge is 2.29. The molecule has 0 aliphatic carbocycles. The molecule has 26 heteroatoms. The van der Waals surface area contributed by atoms with Gasteiger partial charge < -0.3 is 36.3 Å². The van der Waals surface area contributed by atoms with Gasteiger partial charge in [-0.05, 0) is 186 Å². The summed E-state index contributed by atoms with van der Waals surface area (Å²) < 4.78 is 16.0. The van der Waals surface area contributed by atoms with Gasteiger partial charge in [-0.25, -0.2) is 34.3 Å². The number of carboxylic acid groups (broad SMARTS) is 1. The number of ketones is 2. The lowest BCUT2D eigenvalue weighted by molar-refractivity contribution is -0.142. The lowest BCUT2D eigenvalue weighted by atomic mass is 10.1. The fraction of sp³-hybridized carbons (Fsp3) is 0.360. The standard InChI is InChI=1S/C19H18N4O.C18H25BrN2O4.C12H14BrN3O.C9H10BrNO.C9H17NO4.C7H5N.CH4/c1-13(20-2)18-22-17-12-14(7-9-15-6-4-5-11-21-15)8-10-16(17)19(24)23(18)3;1-7-15(22)13-9-8-12(19)10-14(13)20-16(23)11(2)21(6)17(24)25-18(3,4)5;1-7(14-2)11-15-10-6-8(13)4-5-9(10)12(17)16(11)3;1-2-9(12)7-4-3-6(10)5-8(7)11;1-6(7(11)12)10(5)8(13)14-9(2,3)4;1-2-7-5-3-4-6-8-7;/h4-6,8,10-13,20H,1-3H3;8-11H,7H2,1-6H3,(H,20,23);4-7,14H,1-3H3;3-5H,2,11H2,1H3;6H,1-5H3,(H,11,12);1,3-6H;1H4. The van der Waals surface area contributed by atoms with E-state index in [0.29, 0.717) is 68.8 Å². The second-order valence-electron chi connectivity index (χ2n) is 24.2. The third-order valence-corrected chi connectivity index (χ3v) is 15.9. The van der Waals surface area contributed by atoms with E-state index in [2.05, 4.69) is 101 Å². The third-order valence-electron chi connectivity index (χ3n) is 14.4. The minimum Gasteiger partial charge on any atom is -0.480 e. The van der Waals surface area contributed by atoms with Crippen LogP contribution in [0.1, 0.15) is 165 Å². The summed E-state index contributed by atoms with van der Waals surface area (Å²) in [6.07, 6.45) is 8.02. The van der Waals surface area contributed by atoms with E-state index in [4.69, 9.17) is 26.7 Å². The second kappa shape index (κ2) is 41.3. The highest BCUT2D eigenvalue weighted by molar-refractivity contribution is 9.11. The Kier molecular flexibility index (Phi) is 35.9. The number of likely N-dealkylation sites (N-methyl/N-ethyl adjacent to an activating group) is 2. The zero-order valence-corrected chi connectivity index (χ0v) is 64.4. The number of nitrogens with two attached hydrogens (primary N) is 1. The number of nitrogen functional groups attached to an aromatic ring is 1. The minimum atomic E-state index is -1.06. The molecule has 8 rings (SSSR count). The molecule has 4 unspecified atom stereocenters. The van der Waals surface area contributed by atoms with Crippen LogP contribution in [0, 0.1) is 24.2 Å². The van der Waals surface area contributed by atoms with E-state index in [0.717, 1.165) is 35.2 Å². The molecular weight excluding hydrogens is 1480 g/mol. The van der Waals surface area contributed by atoms with E-state index in [-0.39, 0.29) is 42.2 Å². The summed E-state index contributed by atoms with van der Waals surface area (Å²) >= 11 is 10.00. The Balaban J connectivity index is 0.000000425. The average Bonchev–Trinajstić information content (AvgIpc) is 0.792. The molecule has 0 aliphatic heterocycles. The molecule has 8 aromatic rings. The van der Waals surface area contributed by atoms with E-state index < -0.39 is 47.3 Å². The highest BCUT2D eigenvalue weighted by Crippen LogP contribution is 2.25. The maximum absolute atomic E-state index is 12.5. The van der Waals surface area contributed by atoms with E-state index in [1.807, 2.05) is 95.5 Å². The van der Waals surface area contributed by atoms with Crippen LogP contribution in [0.25, 0.3) is 21.8 Å². The summed E-state index contributed by atoms with van der Waals surface area (Å²) in [4.78, 5) is 114. The van der Waals surface area contributed by atoms with Crippen molar-refractivity contribution in [1.82, 2.24) is 49.5 Å². The number of nitrogens with zero attached hydrogens (tertiary/aromatic N) is 8. The van der Waals surface area contributed by atoms with Crippen LogP contribution in [0.5, 0.6) is 0 Å². The maximum atomic E-state index is 12.5. The third kappa shape index (κ3) is 27.9. The summed E-state index contributed by atoms with van der Waals surface area (Å²) in [6, 6.07) is 30.8. The summed E-state index contributed by atoms with van der Waals surface area (Å²) in [5.41, 5.74) is 9.90. The number of anilines is 2. The zero-order chi connectivity index (χ0) is 75.5. The van der Waals surface area contributed by atoms with Crippen molar-refractivity contribution in [3.05, 3.63) is 195 Å². The number of Topliss-reactive ketones (excluding diaryl/α,β-unsaturated/α-hetero) is 2. The van der Waals surface area contributed by atoms with Gasteiger partial charge in [-0.3, -0.25) is 42.9 Å². The molecule has 3 amide bonds. The van der Waals surface area contributed by atoms with Gasteiger partial charge in [-0.2, -0.15) is 0 Å². The molecule has 0 radical (unpaired) electrons. The number of aliphatic carboxylic acids is 1. The van der Waals surface area contributed by atoms with Gasteiger partial charge in [0, 0.05) is 89.2 Å². The Bertz CT molecular complexity index is 4390. The van der Waals surface area contributed by atoms with Crippen molar-refractivity contribution < 1.29 is 43.3 Å². The summed E-state index contributed by atoms with van der Waals surface area (Å²) in [7, 11) is 10.1. The maximum Gasteiger partial charge on any atom is 0.410 e. The molecule has 101 heavy (non-hydrogen) atoms. The summed E-state index contributed by atoms with van der Waals surface area (Å²) in [5.74, 6) is 8.49. The molecular formula is C75H93Br3N12O11. The molecule has 4 aromatic carbocycles. The number of fused-ring (bicyclic) bond motifs is 2. The molecule has 4 heterocycles. The average molecular weight is 1580 g/mol. The summed E-state index contributed by atoms with van der Waals surface area (Å²) in [5, 5.41) is 18.8. The van der Waals surface area contributed by atoms with Gasteiger partial charge >= 0.3 is 18.2 Å². The fourth-order valence-corrected chi connectivity index (χ4v) is 9.36. The molecule has 540 valence electrons. The topological polar surface area (TPSA) is 305 Å². The Morgan fingerprint density at radius 3 is 1.47 bits per heavy atom. The van der Waals surface area contributed by atoms with E-state index >= 15 is 0 Å². The van der Waals surface area contributed by atoms with Crippen molar-refractivity contribution >= 4 is 117 Å². The van der Waals surface area contributed by atoms with Crippen LogP contribution in [0.4, 0.5) is 21.0 Å². The number of carboxylic acids is 1. The Labute approximate surface area is 617 Å². The zero-order valence-electron chi connectivity index (χ0n) is 59.7. The van der Waals surface area contributed by atoms with Crippen molar-refractivity contribution in [2.24, 2.45) is 14.1 Å². The number of hydrogen-bond donors (Lipinski definition) is 5. The van der Waals surface area contributed by atoms with Gasteiger partial charge in [0.15, 0.2) is 11.6 Å². The van der Waals surface area contributed by atoms with E-state index in [9.17, 15) is 38.4 Å². The Morgan fingerprint density at radius 1 is 0.614 bits per heavy atom. The number of nitrogens with one attached hydrogen (secondary N) is 3. The van der Waals surface area contributed by atoms with Gasteiger partial charge in [0.05, 0.1) is 39.6 Å². The van der Waals surface area contributed by atoms with Gasteiger partial charge in [-0.15, -0.1) is 6.42 Å². The number of benzene rings is 4. The molecule has 0 aliphatic rings. The van der Waals surface area contributed by atoms with Crippen LogP contribution < -0.4 is 32.8 Å².